The van der Waals surface area contributed by atoms with Gasteiger partial charge in [-0.25, -0.2) is 0 Å². The highest BCUT2D eigenvalue weighted by molar-refractivity contribution is 5.97. The van der Waals surface area contributed by atoms with Crippen molar-refractivity contribution >= 4 is 5.78 Å². The molecule has 0 heterocycles. The summed E-state index contributed by atoms with van der Waals surface area (Å²) < 4.78 is 10.5. The van der Waals surface area contributed by atoms with Gasteiger partial charge in [0.15, 0.2) is 5.78 Å². The van der Waals surface area contributed by atoms with Crippen molar-refractivity contribution < 1.29 is 14.3 Å². The zero-order chi connectivity index (χ0) is 26.5. The second-order valence-electron chi connectivity index (χ2n) is 9.22. The molecule has 35 heavy (non-hydrogen) atoms. The number of ether oxygens (including phenoxy) is 2. The van der Waals surface area contributed by atoms with Gasteiger partial charge in [-0.1, -0.05) is 76.4 Å². The maximum Gasteiger partial charge on any atom is 0.188 e. The Kier molecular flexibility index (Phi) is 19.0. The number of Topliss-reactive ketones (excluding diaryl/α,β-unsaturated/α-hetero) is 1. The van der Waals surface area contributed by atoms with E-state index in [9.17, 15) is 4.79 Å². The summed E-state index contributed by atoms with van der Waals surface area (Å²) in [6.45, 7) is 16.0. The number of nitrogens with zero attached hydrogens (tertiary/aromatic N) is 1. The molecule has 0 bridgehead atoms. The van der Waals surface area contributed by atoms with Crippen molar-refractivity contribution in [1.29, 1.82) is 5.26 Å². The third kappa shape index (κ3) is 20.4. The van der Waals surface area contributed by atoms with Crippen LogP contribution >= 0.6 is 0 Å². The van der Waals surface area contributed by atoms with Crippen molar-refractivity contribution in [3.05, 3.63) is 82.0 Å². The van der Waals surface area contributed by atoms with Gasteiger partial charge in [-0.2, -0.15) is 5.26 Å². The summed E-state index contributed by atoms with van der Waals surface area (Å²) in [6.07, 6.45) is 12.8. The summed E-state index contributed by atoms with van der Waals surface area (Å²) in [7, 11) is 0. The Labute approximate surface area is 214 Å². The molecule has 0 aliphatic carbocycles. The van der Waals surface area contributed by atoms with E-state index in [2.05, 4.69) is 59.8 Å². The van der Waals surface area contributed by atoms with E-state index in [4.69, 9.17) is 14.7 Å². The van der Waals surface area contributed by atoms with Crippen LogP contribution in [0.2, 0.25) is 0 Å². The summed E-state index contributed by atoms with van der Waals surface area (Å²) in [4.78, 5) is 11.9. The molecular formula is C31H45NO3. The number of nitriles is 1. The lowest BCUT2D eigenvalue weighted by Crippen LogP contribution is -2.09. The van der Waals surface area contributed by atoms with Gasteiger partial charge >= 0.3 is 0 Å². The fourth-order valence-electron chi connectivity index (χ4n) is 2.86. The Morgan fingerprint density at radius 1 is 0.800 bits per heavy atom. The average Bonchev–Trinajstić information content (AvgIpc) is 2.80. The van der Waals surface area contributed by atoms with Crippen LogP contribution in [0.1, 0.15) is 83.1 Å². The Morgan fingerprint density at radius 3 is 1.74 bits per heavy atom. The van der Waals surface area contributed by atoms with E-state index in [1.807, 2.05) is 43.3 Å². The van der Waals surface area contributed by atoms with Crippen LogP contribution in [-0.4, -0.2) is 32.2 Å². The SMILES string of the molecule is CC(C)=CCC/C(C)=C/COCC#N.CC(C)=CCC/C(C)=C/COCC(=O)c1ccc(C)cc1. The van der Waals surface area contributed by atoms with E-state index in [1.54, 1.807) is 0 Å². The molecule has 192 valence electrons. The zero-order valence-corrected chi connectivity index (χ0v) is 22.9. The molecule has 0 saturated heterocycles. The molecule has 0 fully saturated rings. The van der Waals surface area contributed by atoms with Gasteiger partial charge < -0.3 is 9.47 Å². The number of allylic oxidation sites excluding steroid dienone is 6. The topological polar surface area (TPSA) is 59.3 Å². The van der Waals surface area contributed by atoms with Crippen LogP contribution in [0, 0.1) is 18.3 Å². The summed E-state index contributed by atoms with van der Waals surface area (Å²) in [5.74, 6) is 0.0330. The molecule has 0 unspecified atom stereocenters. The first-order chi connectivity index (χ1) is 16.6. The number of hydrogen-bond donors (Lipinski definition) is 0. The van der Waals surface area contributed by atoms with Crippen LogP contribution in [0.25, 0.3) is 0 Å². The minimum absolute atomic E-state index is 0.0330. The van der Waals surface area contributed by atoms with Crippen molar-refractivity contribution in [2.45, 2.75) is 74.1 Å². The first kappa shape index (κ1) is 32.3. The lowest BCUT2D eigenvalue weighted by Gasteiger charge is -2.03. The number of aryl methyl sites for hydroxylation is 1. The molecule has 0 spiro atoms. The second-order valence-corrected chi connectivity index (χ2v) is 9.22. The minimum Gasteiger partial charge on any atom is -0.369 e. The van der Waals surface area contributed by atoms with Crippen LogP contribution in [0.5, 0.6) is 0 Å². The van der Waals surface area contributed by atoms with Gasteiger partial charge in [0.25, 0.3) is 0 Å². The van der Waals surface area contributed by atoms with E-state index >= 15 is 0 Å². The predicted octanol–water partition coefficient (Wildman–Crippen LogP) is 8.11. The zero-order valence-electron chi connectivity index (χ0n) is 22.9. The second kappa shape index (κ2) is 20.6. The third-order valence-corrected chi connectivity index (χ3v) is 5.06. The molecule has 0 N–H and O–H groups in total. The molecule has 4 heteroatoms. The number of hydrogen-bond acceptors (Lipinski definition) is 4. The van der Waals surface area contributed by atoms with E-state index in [0.717, 1.165) is 31.2 Å². The van der Waals surface area contributed by atoms with E-state index < -0.39 is 0 Å². The van der Waals surface area contributed by atoms with E-state index in [0.29, 0.717) is 18.8 Å². The maximum atomic E-state index is 11.9. The van der Waals surface area contributed by atoms with Gasteiger partial charge in [0.1, 0.15) is 13.2 Å². The first-order valence-electron chi connectivity index (χ1n) is 12.4. The summed E-state index contributed by atoms with van der Waals surface area (Å²) >= 11 is 0. The van der Waals surface area contributed by atoms with Crippen LogP contribution < -0.4 is 0 Å². The molecule has 0 aromatic heterocycles. The van der Waals surface area contributed by atoms with Crippen LogP contribution in [0.15, 0.2) is 70.9 Å². The Hall–Kier alpha value is -2.74. The largest absolute Gasteiger partial charge is 0.369 e. The molecule has 1 aromatic rings. The van der Waals surface area contributed by atoms with Gasteiger partial charge in [0, 0.05) is 5.56 Å². The molecule has 1 aromatic carbocycles. The minimum atomic E-state index is 0.0330. The Balaban J connectivity index is 0.000000720. The normalized spacial score (nSPS) is 11.1. The van der Waals surface area contributed by atoms with Crippen LogP contribution in [-0.2, 0) is 9.47 Å². The average molecular weight is 480 g/mol. The quantitative estimate of drug-likeness (QED) is 0.154. The first-order valence-corrected chi connectivity index (χ1v) is 12.4. The van der Waals surface area contributed by atoms with Crippen molar-refractivity contribution in [2.75, 3.05) is 26.4 Å². The van der Waals surface area contributed by atoms with E-state index in [-0.39, 0.29) is 19.0 Å². The summed E-state index contributed by atoms with van der Waals surface area (Å²) in [5, 5.41) is 8.23. The number of rotatable bonds is 14. The van der Waals surface area contributed by atoms with Gasteiger partial charge in [-0.05, 0) is 74.1 Å². The van der Waals surface area contributed by atoms with Gasteiger partial charge in [0.05, 0.1) is 19.3 Å². The van der Waals surface area contributed by atoms with Gasteiger partial charge in [-0.15, -0.1) is 0 Å². The maximum absolute atomic E-state index is 11.9. The standard InChI is InChI=1S/C19H26O2.C12H19NO/c1-15(2)6-5-7-16(3)12-13-21-14-19(20)18-10-8-17(4)9-11-18;1-11(2)5-4-6-12(3)7-9-14-10-8-13/h6,8-12H,5,7,13-14H2,1-4H3;5,7H,4,6,9-10H2,1-3H3/b16-12+;12-7+. The van der Waals surface area contributed by atoms with Gasteiger partial charge in [0.2, 0.25) is 0 Å². The number of benzene rings is 1. The molecule has 4 nitrogen and oxygen atoms in total. The molecule has 0 radical (unpaired) electrons. The van der Waals surface area contributed by atoms with E-state index in [1.165, 1.54) is 22.3 Å². The highest BCUT2D eigenvalue weighted by Crippen LogP contribution is 2.08. The Bertz CT molecular complexity index is 888. The summed E-state index contributed by atoms with van der Waals surface area (Å²) in [6, 6.07) is 9.53. The number of carbonyl (C=O) groups excluding carboxylic acids is 1. The highest BCUT2D eigenvalue weighted by atomic mass is 16.5. The molecule has 0 saturated carbocycles. The monoisotopic (exact) mass is 479 g/mol. The van der Waals surface area contributed by atoms with Crippen LogP contribution in [0.4, 0.5) is 0 Å². The molecule has 0 aliphatic rings. The molecular weight excluding hydrogens is 434 g/mol. The van der Waals surface area contributed by atoms with Crippen molar-refractivity contribution in [3.63, 3.8) is 0 Å². The predicted molar refractivity (Wildman–Crippen MR) is 148 cm³/mol. The summed E-state index contributed by atoms with van der Waals surface area (Å²) in [5.41, 5.74) is 7.20. The lowest BCUT2D eigenvalue weighted by atomic mass is 10.1. The molecule has 1 rings (SSSR count). The number of ketones is 1. The van der Waals surface area contributed by atoms with Crippen LogP contribution in [0.3, 0.4) is 0 Å². The molecule has 0 atom stereocenters. The molecule has 0 aliphatic heterocycles. The van der Waals surface area contributed by atoms with Gasteiger partial charge in [-0.3, -0.25) is 4.79 Å². The fraction of sp³-hybridized carbons (Fsp3) is 0.484. The van der Waals surface area contributed by atoms with Crippen molar-refractivity contribution in [2.24, 2.45) is 0 Å². The highest BCUT2D eigenvalue weighted by Gasteiger charge is 2.04. The van der Waals surface area contributed by atoms with Crippen molar-refractivity contribution in [1.82, 2.24) is 0 Å². The molecule has 0 amide bonds. The fourth-order valence-corrected chi connectivity index (χ4v) is 2.86. The lowest BCUT2D eigenvalue weighted by molar-refractivity contribution is 0.0805. The number of carbonyl (C=O) groups is 1. The Morgan fingerprint density at radius 2 is 1.29 bits per heavy atom. The third-order valence-electron chi connectivity index (χ3n) is 5.06. The van der Waals surface area contributed by atoms with Crippen molar-refractivity contribution in [3.8, 4) is 6.07 Å². The smallest absolute Gasteiger partial charge is 0.188 e.